The van der Waals surface area contributed by atoms with Gasteiger partial charge in [-0.15, -0.1) is 0 Å². The first-order chi connectivity index (χ1) is 15.6. The van der Waals surface area contributed by atoms with E-state index in [1.165, 1.54) is 12.1 Å². The molecule has 11 heteroatoms. The Morgan fingerprint density at radius 1 is 1.12 bits per heavy atom. The lowest BCUT2D eigenvalue weighted by Crippen LogP contribution is -2.36. The minimum absolute atomic E-state index is 0.159. The van der Waals surface area contributed by atoms with Gasteiger partial charge < -0.3 is 15.3 Å². The lowest BCUT2D eigenvalue weighted by molar-refractivity contribution is -0.192. The van der Waals surface area contributed by atoms with Gasteiger partial charge in [-0.3, -0.25) is 5.10 Å². The van der Waals surface area contributed by atoms with Crippen LogP contribution in [0.25, 0.3) is 11.1 Å². The Labute approximate surface area is 186 Å². The van der Waals surface area contributed by atoms with Gasteiger partial charge in [-0.2, -0.15) is 18.3 Å². The number of carbonyl (C=O) groups is 2. The number of aromatic amines is 1. The van der Waals surface area contributed by atoms with E-state index in [4.69, 9.17) is 9.90 Å². The molecular formula is C22H20F4N4O3. The fraction of sp³-hybridized carbons (Fsp3) is 0.227. The fourth-order valence-corrected chi connectivity index (χ4v) is 2.93. The number of rotatable bonds is 5. The second-order valence-electron chi connectivity index (χ2n) is 7.29. The average Bonchev–Trinajstić information content (AvgIpc) is 3.45. The van der Waals surface area contributed by atoms with E-state index in [1.807, 2.05) is 36.5 Å². The van der Waals surface area contributed by atoms with Gasteiger partial charge in [0, 0.05) is 30.0 Å². The molecule has 4 rings (SSSR count). The van der Waals surface area contributed by atoms with Crippen LogP contribution in [0.1, 0.15) is 18.4 Å². The lowest BCUT2D eigenvalue weighted by Gasteiger charge is -2.23. The quantitative estimate of drug-likeness (QED) is 0.461. The van der Waals surface area contributed by atoms with Crippen molar-refractivity contribution in [2.75, 3.05) is 5.32 Å². The number of H-pyrrole nitrogens is 1. The highest BCUT2D eigenvalue weighted by atomic mass is 19.4. The molecule has 7 nitrogen and oxygen atoms in total. The van der Waals surface area contributed by atoms with Gasteiger partial charge in [-0.1, -0.05) is 24.3 Å². The molecule has 3 aromatic rings. The lowest BCUT2D eigenvalue weighted by atomic mass is 10.1. The summed E-state index contributed by atoms with van der Waals surface area (Å²) in [5.41, 5.74) is 3.54. The number of alkyl halides is 3. The minimum atomic E-state index is -5.08. The first kappa shape index (κ1) is 23.8. The van der Waals surface area contributed by atoms with E-state index >= 15 is 0 Å². The number of aromatic nitrogens is 2. The summed E-state index contributed by atoms with van der Waals surface area (Å²) < 4.78 is 45.1. The molecular weight excluding hydrogens is 444 g/mol. The summed E-state index contributed by atoms with van der Waals surface area (Å²) in [5, 5.41) is 16.8. The summed E-state index contributed by atoms with van der Waals surface area (Å²) in [6.45, 7) is 0.404. The molecule has 0 unspecified atom stereocenters. The number of carboxylic acids is 1. The van der Waals surface area contributed by atoms with Gasteiger partial charge in [0.2, 0.25) is 0 Å². The maximum atomic E-state index is 13.4. The predicted octanol–water partition coefficient (Wildman–Crippen LogP) is 5.05. The summed E-state index contributed by atoms with van der Waals surface area (Å²) in [7, 11) is 0. The van der Waals surface area contributed by atoms with E-state index in [1.54, 1.807) is 17.2 Å². The smallest absolute Gasteiger partial charge is 0.475 e. The van der Waals surface area contributed by atoms with Crippen LogP contribution in [0.4, 0.5) is 28.0 Å². The third kappa shape index (κ3) is 7.06. The average molecular weight is 464 g/mol. The van der Waals surface area contributed by atoms with E-state index in [9.17, 15) is 22.4 Å². The van der Waals surface area contributed by atoms with Crippen molar-refractivity contribution in [1.82, 2.24) is 15.1 Å². The number of nitrogens with one attached hydrogen (secondary N) is 2. The van der Waals surface area contributed by atoms with E-state index in [0.29, 0.717) is 6.54 Å². The number of halogens is 4. The van der Waals surface area contributed by atoms with Gasteiger partial charge >= 0.3 is 18.2 Å². The van der Waals surface area contributed by atoms with Gasteiger partial charge in [-0.25, -0.2) is 14.0 Å². The molecule has 1 heterocycles. The van der Waals surface area contributed by atoms with Crippen LogP contribution in [0, 0.1) is 5.82 Å². The SMILES string of the molecule is O=C(Nc1ccc(-c2cn[nH]c2)cc1)N(Cc1cccc(F)c1)C1CC1.O=C(O)C(F)(F)F. The molecule has 0 radical (unpaired) electrons. The van der Waals surface area contributed by atoms with Crippen molar-refractivity contribution in [3.8, 4) is 11.1 Å². The van der Waals surface area contributed by atoms with Crippen molar-refractivity contribution in [2.45, 2.75) is 31.6 Å². The Hall–Kier alpha value is -3.89. The zero-order valence-corrected chi connectivity index (χ0v) is 17.1. The Morgan fingerprint density at radius 3 is 2.30 bits per heavy atom. The number of hydrogen-bond donors (Lipinski definition) is 3. The van der Waals surface area contributed by atoms with Crippen molar-refractivity contribution in [2.24, 2.45) is 0 Å². The number of urea groups is 1. The molecule has 1 aliphatic carbocycles. The van der Waals surface area contributed by atoms with Crippen LogP contribution in [0.15, 0.2) is 60.9 Å². The standard InChI is InChI=1S/C20H19FN4O.C2HF3O2/c21-17-3-1-2-14(10-17)13-25(19-8-9-19)20(26)24-18-6-4-15(5-7-18)16-11-22-23-12-16;3-2(4,5)1(6)7/h1-7,10-12,19H,8-9,13H2,(H,22,23)(H,24,26);(H,6,7). The Morgan fingerprint density at radius 2 is 1.79 bits per heavy atom. The molecule has 0 bridgehead atoms. The van der Waals surface area contributed by atoms with Crippen LogP contribution >= 0.6 is 0 Å². The zero-order valence-electron chi connectivity index (χ0n) is 17.1. The van der Waals surface area contributed by atoms with Crippen LogP contribution in [0.3, 0.4) is 0 Å². The summed E-state index contributed by atoms with van der Waals surface area (Å²) >= 11 is 0. The van der Waals surface area contributed by atoms with Crippen molar-refractivity contribution in [3.63, 3.8) is 0 Å². The number of anilines is 1. The van der Waals surface area contributed by atoms with Crippen LogP contribution in [0.5, 0.6) is 0 Å². The predicted molar refractivity (Wildman–Crippen MR) is 112 cm³/mol. The van der Waals surface area contributed by atoms with E-state index < -0.39 is 12.1 Å². The number of carboxylic acid groups (broad SMARTS) is 1. The molecule has 1 fully saturated rings. The van der Waals surface area contributed by atoms with Gasteiger partial charge in [-0.05, 0) is 48.2 Å². The third-order valence-corrected chi connectivity index (χ3v) is 4.70. The van der Waals surface area contributed by atoms with Crippen molar-refractivity contribution in [3.05, 3.63) is 72.3 Å². The molecule has 1 aliphatic rings. The zero-order chi connectivity index (χ0) is 24.0. The van der Waals surface area contributed by atoms with Crippen LogP contribution < -0.4 is 5.32 Å². The fourth-order valence-electron chi connectivity index (χ4n) is 2.93. The van der Waals surface area contributed by atoms with Crippen molar-refractivity contribution in [1.29, 1.82) is 0 Å². The van der Waals surface area contributed by atoms with E-state index in [2.05, 4.69) is 15.5 Å². The normalized spacial score (nSPS) is 13.0. The number of benzene rings is 2. The summed E-state index contributed by atoms with van der Waals surface area (Å²) in [6.07, 6.45) is 0.465. The highest BCUT2D eigenvalue weighted by molar-refractivity contribution is 5.90. The molecule has 33 heavy (non-hydrogen) atoms. The molecule has 0 saturated heterocycles. The second kappa shape index (κ2) is 10.2. The van der Waals surface area contributed by atoms with Crippen LogP contribution in [0.2, 0.25) is 0 Å². The minimum Gasteiger partial charge on any atom is -0.475 e. The highest BCUT2D eigenvalue weighted by Crippen LogP contribution is 2.29. The first-order valence-electron chi connectivity index (χ1n) is 9.85. The highest BCUT2D eigenvalue weighted by Gasteiger charge is 2.38. The van der Waals surface area contributed by atoms with Gasteiger partial charge in [0.1, 0.15) is 5.82 Å². The van der Waals surface area contributed by atoms with Gasteiger partial charge in [0.15, 0.2) is 0 Å². The van der Waals surface area contributed by atoms with Gasteiger partial charge in [0.05, 0.1) is 6.20 Å². The Bertz CT molecular complexity index is 1080. The molecule has 3 N–H and O–H groups in total. The summed E-state index contributed by atoms with van der Waals surface area (Å²) in [4.78, 5) is 23.4. The molecule has 1 saturated carbocycles. The van der Waals surface area contributed by atoms with Crippen molar-refractivity contribution >= 4 is 17.7 Å². The largest absolute Gasteiger partial charge is 0.490 e. The molecule has 174 valence electrons. The Balaban J connectivity index is 0.000000383. The third-order valence-electron chi connectivity index (χ3n) is 4.70. The molecule has 2 aromatic carbocycles. The molecule has 0 spiro atoms. The molecule has 1 aromatic heterocycles. The second-order valence-corrected chi connectivity index (χ2v) is 7.29. The maximum Gasteiger partial charge on any atom is 0.490 e. The van der Waals surface area contributed by atoms with Crippen LogP contribution in [-0.4, -0.2) is 44.4 Å². The Kier molecular flexibility index (Phi) is 7.31. The first-order valence-corrected chi connectivity index (χ1v) is 9.85. The van der Waals surface area contributed by atoms with E-state index in [0.717, 1.165) is 35.2 Å². The van der Waals surface area contributed by atoms with Crippen LogP contribution in [-0.2, 0) is 11.3 Å². The topological polar surface area (TPSA) is 98.3 Å². The van der Waals surface area contributed by atoms with E-state index in [-0.39, 0.29) is 17.9 Å². The maximum absolute atomic E-state index is 13.4. The number of carbonyl (C=O) groups excluding carboxylic acids is 1. The molecule has 0 aliphatic heterocycles. The number of hydrogen-bond acceptors (Lipinski definition) is 3. The van der Waals surface area contributed by atoms with Crippen molar-refractivity contribution < 1.29 is 32.3 Å². The number of aliphatic carboxylic acids is 1. The molecule has 0 atom stereocenters. The summed E-state index contributed by atoms with van der Waals surface area (Å²) in [6, 6.07) is 14.1. The summed E-state index contributed by atoms with van der Waals surface area (Å²) in [5.74, 6) is -3.04. The number of amides is 2. The molecule has 2 amide bonds. The number of nitrogens with zero attached hydrogens (tertiary/aromatic N) is 2. The monoisotopic (exact) mass is 464 g/mol. The van der Waals surface area contributed by atoms with Gasteiger partial charge in [0.25, 0.3) is 0 Å².